The fourth-order valence-corrected chi connectivity index (χ4v) is 3.00. The van der Waals surface area contributed by atoms with Crippen molar-refractivity contribution in [2.24, 2.45) is 0 Å². The molecule has 0 atom stereocenters. The van der Waals surface area contributed by atoms with Crippen molar-refractivity contribution in [3.05, 3.63) is 47.2 Å². The van der Waals surface area contributed by atoms with Gasteiger partial charge in [0.15, 0.2) is 5.65 Å². The van der Waals surface area contributed by atoms with Crippen molar-refractivity contribution in [3.8, 4) is 11.3 Å². The van der Waals surface area contributed by atoms with E-state index in [1.165, 1.54) is 0 Å². The number of fused-ring (bicyclic) bond motifs is 1. The lowest BCUT2D eigenvalue weighted by Crippen LogP contribution is -2.08. The molecule has 0 fully saturated rings. The standard InChI is InChI=1S/C19H20F3N3/c1-4-10-25-18-17(12(3)24-25)15(19(20,21)22)11-16(23-18)14-8-6-13(5-2)7-9-14/h6-9,11H,4-5,10H2,1-3H3. The van der Waals surface area contributed by atoms with Gasteiger partial charge in [-0.3, -0.25) is 0 Å². The summed E-state index contributed by atoms with van der Waals surface area (Å²) in [7, 11) is 0. The highest BCUT2D eigenvalue weighted by Crippen LogP contribution is 2.38. The van der Waals surface area contributed by atoms with Crippen LogP contribution in [0.4, 0.5) is 13.2 Å². The van der Waals surface area contributed by atoms with Crippen molar-refractivity contribution in [2.75, 3.05) is 0 Å². The second-order valence-electron chi connectivity index (χ2n) is 6.11. The zero-order valence-corrected chi connectivity index (χ0v) is 14.5. The molecule has 0 bridgehead atoms. The molecule has 132 valence electrons. The summed E-state index contributed by atoms with van der Waals surface area (Å²) in [5, 5.41) is 4.36. The molecule has 0 aliphatic heterocycles. The molecule has 0 saturated carbocycles. The minimum atomic E-state index is -4.45. The topological polar surface area (TPSA) is 30.7 Å². The summed E-state index contributed by atoms with van der Waals surface area (Å²) in [4.78, 5) is 4.51. The Labute approximate surface area is 144 Å². The van der Waals surface area contributed by atoms with Crippen molar-refractivity contribution in [1.82, 2.24) is 14.8 Å². The lowest BCUT2D eigenvalue weighted by atomic mass is 10.0. The van der Waals surface area contributed by atoms with Gasteiger partial charge >= 0.3 is 6.18 Å². The number of aromatic nitrogens is 3. The van der Waals surface area contributed by atoms with Gasteiger partial charge in [0.05, 0.1) is 22.3 Å². The average molecular weight is 347 g/mol. The molecule has 0 N–H and O–H groups in total. The Kier molecular flexibility index (Phi) is 4.54. The van der Waals surface area contributed by atoms with Gasteiger partial charge in [0.2, 0.25) is 0 Å². The summed E-state index contributed by atoms with van der Waals surface area (Å²) < 4.78 is 42.5. The average Bonchev–Trinajstić information content (AvgIpc) is 2.90. The molecule has 3 nitrogen and oxygen atoms in total. The van der Waals surface area contributed by atoms with E-state index in [1.807, 2.05) is 38.1 Å². The van der Waals surface area contributed by atoms with Crippen LogP contribution in [0.15, 0.2) is 30.3 Å². The van der Waals surface area contributed by atoms with Crippen LogP contribution in [0.25, 0.3) is 22.3 Å². The van der Waals surface area contributed by atoms with E-state index in [0.717, 1.165) is 24.5 Å². The molecule has 0 spiro atoms. The van der Waals surface area contributed by atoms with E-state index in [9.17, 15) is 13.2 Å². The van der Waals surface area contributed by atoms with Crippen LogP contribution in [0.1, 0.15) is 37.1 Å². The first-order valence-electron chi connectivity index (χ1n) is 8.39. The molecule has 0 radical (unpaired) electrons. The van der Waals surface area contributed by atoms with Crippen LogP contribution < -0.4 is 0 Å². The van der Waals surface area contributed by atoms with E-state index in [2.05, 4.69) is 10.1 Å². The second-order valence-corrected chi connectivity index (χ2v) is 6.11. The van der Waals surface area contributed by atoms with Gasteiger partial charge in [-0.1, -0.05) is 38.1 Å². The Balaban J connectivity index is 2.27. The predicted molar refractivity (Wildman–Crippen MR) is 92.4 cm³/mol. The third kappa shape index (κ3) is 3.25. The van der Waals surface area contributed by atoms with Crippen molar-refractivity contribution >= 4 is 11.0 Å². The summed E-state index contributed by atoms with van der Waals surface area (Å²) in [5.74, 6) is 0. The maximum Gasteiger partial charge on any atom is 0.417 e. The van der Waals surface area contributed by atoms with Crippen molar-refractivity contribution in [1.29, 1.82) is 0 Å². The Bertz CT molecular complexity index is 893. The number of halogens is 3. The lowest BCUT2D eigenvalue weighted by molar-refractivity contribution is -0.136. The molecule has 25 heavy (non-hydrogen) atoms. The third-order valence-electron chi connectivity index (χ3n) is 4.28. The van der Waals surface area contributed by atoms with Gasteiger partial charge in [-0.2, -0.15) is 18.3 Å². The second kappa shape index (κ2) is 6.50. The molecular formula is C19H20F3N3. The number of pyridine rings is 1. The fraction of sp³-hybridized carbons (Fsp3) is 0.368. The zero-order valence-electron chi connectivity index (χ0n) is 14.5. The maximum atomic E-state index is 13.6. The Morgan fingerprint density at radius 1 is 1.08 bits per heavy atom. The Morgan fingerprint density at radius 2 is 1.76 bits per heavy atom. The first-order chi connectivity index (χ1) is 11.8. The van der Waals surface area contributed by atoms with Crippen molar-refractivity contribution in [2.45, 2.75) is 46.3 Å². The van der Waals surface area contributed by atoms with Gasteiger partial charge in [-0.15, -0.1) is 0 Å². The highest BCUT2D eigenvalue weighted by Gasteiger charge is 2.35. The van der Waals surface area contributed by atoms with Gasteiger partial charge in [0.25, 0.3) is 0 Å². The van der Waals surface area contributed by atoms with Crippen LogP contribution in [-0.2, 0) is 19.1 Å². The van der Waals surface area contributed by atoms with Crippen LogP contribution in [0.2, 0.25) is 0 Å². The first kappa shape index (κ1) is 17.5. The Morgan fingerprint density at radius 3 is 2.32 bits per heavy atom. The molecular weight excluding hydrogens is 327 g/mol. The first-order valence-corrected chi connectivity index (χ1v) is 8.39. The van der Waals surface area contributed by atoms with E-state index in [4.69, 9.17) is 0 Å². The largest absolute Gasteiger partial charge is 0.417 e. The third-order valence-corrected chi connectivity index (χ3v) is 4.28. The molecule has 0 unspecified atom stereocenters. The van der Waals surface area contributed by atoms with Gasteiger partial charge < -0.3 is 0 Å². The summed E-state index contributed by atoms with van der Waals surface area (Å²) in [6.07, 6.45) is -2.80. The number of hydrogen-bond acceptors (Lipinski definition) is 2. The minimum Gasteiger partial charge on any atom is -0.247 e. The van der Waals surface area contributed by atoms with Crippen LogP contribution in [0.3, 0.4) is 0 Å². The highest BCUT2D eigenvalue weighted by molar-refractivity contribution is 5.85. The molecule has 0 amide bonds. The Hall–Kier alpha value is -2.37. The number of rotatable bonds is 4. The van der Waals surface area contributed by atoms with Crippen LogP contribution >= 0.6 is 0 Å². The quantitative estimate of drug-likeness (QED) is 0.633. The van der Waals surface area contributed by atoms with E-state index >= 15 is 0 Å². The van der Waals surface area contributed by atoms with Crippen molar-refractivity contribution < 1.29 is 13.2 Å². The van der Waals surface area contributed by atoms with Crippen LogP contribution in [0, 0.1) is 6.92 Å². The van der Waals surface area contributed by atoms with E-state index < -0.39 is 11.7 Å². The normalized spacial score (nSPS) is 12.1. The predicted octanol–water partition coefficient (Wildman–Crippen LogP) is 5.40. The van der Waals surface area contributed by atoms with Gasteiger partial charge in [0, 0.05) is 12.1 Å². The van der Waals surface area contributed by atoms with Gasteiger partial charge in [0.1, 0.15) is 0 Å². The number of alkyl halides is 3. The van der Waals surface area contributed by atoms with E-state index in [0.29, 0.717) is 29.1 Å². The summed E-state index contributed by atoms with van der Waals surface area (Å²) in [6.45, 7) is 6.13. The molecule has 3 rings (SSSR count). The number of benzene rings is 1. The maximum absolute atomic E-state index is 13.6. The lowest BCUT2D eigenvalue weighted by Gasteiger charge is -2.12. The monoisotopic (exact) mass is 347 g/mol. The fourth-order valence-electron chi connectivity index (χ4n) is 3.00. The molecule has 2 aromatic heterocycles. The SMILES string of the molecule is CCCn1nc(C)c2c(C(F)(F)F)cc(-c3ccc(CC)cc3)nc21. The number of aryl methyl sites for hydroxylation is 3. The highest BCUT2D eigenvalue weighted by atomic mass is 19.4. The van der Waals surface area contributed by atoms with E-state index in [1.54, 1.807) is 11.6 Å². The van der Waals surface area contributed by atoms with Crippen molar-refractivity contribution in [3.63, 3.8) is 0 Å². The zero-order chi connectivity index (χ0) is 18.2. The van der Waals surface area contributed by atoms with Gasteiger partial charge in [-0.05, 0) is 31.4 Å². The molecule has 0 aliphatic carbocycles. The van der Waals surface area contributed by atoms with E-state index in [-0.39, 0.29) is 5.39 Å². The summed E-state index contributed by atoms with van der Waals surface area (Å²) >= 11 is 0. The molecule has 0 saturated heterocycles. The van der Waals surface area contributed by atoms with Crippen LogP contribution in [-0.4, -0.2) is 14.8 Å². The summed E-state index contributed by atoms with van der Waals surface area (Å²) in [5.41, 5.74) is 2.10. The number of nitrogens with zero attached hydrogens (tertiary/aromatic N) is 3. The summed E-state index contributed by atoms with van der Waals surface area (Å²) in [6, 6.07) is 8.61. The minimum absolute atomic E-state index is 0.0925. The molecule has 2 heterocycles. The van der Waals surface area contributed by atoms with Gasteiger partial charge in [-0.25, -0.2) is 9.67 Å². The molecule has 6 heteroatoms. The molecule has 3 aromatic rings. The molecule has 0 aliphatic rings. The molecule has 1 aromatic carbocycles. The smallest absolute Gasteiger partial charge is 0.247 e. The number of hydrogen-bond donors (Lipinski definition) is 0. The van der Waals surface area contributed by atoms with Crippen LogP contribution in [0.5, 0.6) is 0 Å².